The summed E-state index contributed by atoms with van der Waals surface area (Å²) in [6, 6.07) is 19.0. The average Bonchev–Trinajstić information content (AvgIpc) is 3.75. The predicted molar refractivity (Wildman–Crippen MR) is 232 cm³/mol. The SMILES string of the molecule is C[C@H]1c2c(cc(F)c(Cl)c2-c2c(C(N)=O)ccc(OCCO)c2F)O[C@]1(CNCCCCN1CCC(c2cccc3c(N4CCC(=O)NC4=O)nn(C)c23)CC1)c1ccccc1. The number of aliphatic hydroxyl groups is 1. The average molecular weight is 870 g/mol. The number of anilines is 1. The number of aryl methyl sites for hydroxylation is 1. The summed E-state index contributed by atoms with van der Waals surface area (Å²) >= 11 is 6.68. The first kappa shape index (κ1) is 43.1. The van der Waals surface area contributed by atoms with Crippen molar-refractivity contribution in [2.24, 2.45) is 12.8 Å². The summed E-state index contributed by atoms with van der Waals surface area (Å²) in [6.45, 7) is 5.49. The van der Waals surface area contributed by atoms with E-state index in [1.54, 1.807) is 4.90 Å². The van der Waals surface area contributed by atoms with Crippen LogP contribution in [0.2, 0.25) is 5.02 Å². The lowest BCUT2D eigenvalue weighted by molar-refractivity contribution is -0.120. The number of hydrogen-bond donors (Lipinski definition) is 4. The van der Waals surface area contributed by atoms with Gasteiger partial charge in [0.1, 0.15) is 18.2 Å². The Kier molecular flexibility index (Phi) is 12.5. The number of primary amides is 1. The molecule has 4 heterocycles. The number of imide groups is 1. The number of likely N-dealkylation sites (tertiary alicyclic amines) is 1. The molecule has 3 aliphatic heterocycles. The Hall–Kier alpha value is -5.61. The van der Waals surface area contributed by atoms with Crippen LogP contribution in [0.3, 0.4) is 0 Å². The maximum atomic E-state index is 16.4. The van der Waals surface area contributed by atoms with Gasteiger partial charge in [0, 0.05) is 60.6 Å². The number of benzene rings is 4. The molecule has 0 radical (unpaired) electrons. The van der Waals surface area contributed by atoms with Gasteiger partial charge >= 0.3 is 6.03 Å². The molecule has 16 heteroatoms. The number of carbonyl (C=O) groups is 3. The molecular weight excluding hydrogens is 820 g/mol. The van der Waals surface area contributed by atoms with Gasteiger partial charge in [0.15, 0.2) is 23.0 Å². The molecule has 0 unspecified atom stereocenters. The van der Waals surface area contributed by atoms with Crippen LogP contribution in [0.5, 0.6) is 11.5 Å². The second-order valence-corrected chi connectivity index (χ2v) is 16.6. The topological polar surface area (TPSA) is 164 Å². The van der Waals surface area contributed by atoms with Crippen molar-refractivity contribution in [3.63, 3.8) is 0 Å². The maximum Gasteiger partial charge on any atom is 0.329 e. The summed E-state index contributed by atoms with van der Waals surface area (Å²) in [6.07, 6.45) is 4.06. The molecule has 4 aromatic carbocycles. The van der Waals surface area contributed by atoms with Gasteiger partial charge in [-0.2, -0.15) is 5.10 Å². The van der Waals surface area contributed by atoms with Crippen LogP contribution in [-0.2, 0) is 17.4 Å². The van der Waals surface area contributed by atoms with Crippen molar-refractivity contribution in [1.82, 2.24) is 25.3 Å². The first-order chi connectivity index (χ1) is 29.9. The van der Waals surface area contributed by atoms with E-state index in [0.29, 0.717) is 36.9 Å². The van der Waals surface area contributed by atoms with E-state index in [2.05, 4.69) is 21.6 Å². The number of ether oxygens (including phenoxy) is 2. The summed E-state index contributed by atoms with van der Waals surface area (Å²) in [5.74, 6) is -2.70. The molecule has 0 saturated carbocycles. The van der Waals surface area contributed by atoms with E-state index < -0.39 is 35.1 Å². The van der Waals surface area contributed by atoms with E-state index >= 15 is 8.78 Å². The van der Waals surface area contributed by atoms with Crippen LogP contribution in [-0.4, -0.2) is 90.1 Å². The number of hydrogen-bond acceptors (Lipinski definition) is 9. The number of nitrogens with one attached hydrogen (secondary N) is 2. The molecule has 4 amide bonds. The number of piperidine rings is 1. The lowest BCUT2D eigenvalue weighted by Crippen LogP contribution is -2.49. The number of fused-ring (bicyclic) bond motifs is 2. The van der Waals surface area contributed by atoms with Gasteiger partial charge in [-0.05, 0) is 87.1 Å². The van der Waals surface area contributed by atoms with Gasteiger partial charge in [0.05, 0.1) is 22.7 Å². The van der Waals surface area contributed by atoms with Crippen LogP contribution in [0, 0.1) is 11.6 Å². The number of carbonyl (C=O) groups excluding carboxylic acids is 3. The molecule has 5 aromatic rings. The van der Waals surface area contributed by atoms with Crippen LogP contribution < -0.4 is 30.7 Å². The smallest absolute Gasteiger partial charge is 0.329 e. The highest BCUT2D eigenvalue weighted by Crippen LogP contribution is 2.56. The van der Waals surface area contributed by atoms with Gasteiger partial charge in [0.2, 0.25) is 11.8 Å². The fourth-order valence-corrected chi connectivity index (χ4v) is 9.71. The Morgan fingerprint density at radius 3 is 2.56 bits per heavy atom. The third kappa shape index (κ3) is 7.98. The zero-order valence-electron chi connectivity index (χ0n) is 34.7. The van der Waals surface area contributed by atoms with Crippen LogP contribution in [0.1, 0.15) is 77.9 Å². The maximum absolute atomic E-state index is 16.4. The number of unbranched alkanes of at least 4 members (excludes halogenated alkanes) is 1. The number of aromatic nitrogens is 2. The molecule has 2 saturated heterocycles. The minimum absolute atomic E-state index is 0.0384. The van der Waals surface area contributed by atoms with Gasteiger partial charge in [-0.15, -0.1) is 0 Å². The minimum Gasteiger partial charge on any atom is -0.488 e. The molecule has 0 aliphatic carbocycles. The highest BCUT2D eigenvalue weighted by Gasteiger charge is 2.50. The lowest BCUT2D eigenvalue weighted by Gasteiger charge is -2.34. The molecule has 5 N–H and O–H groups in total. The van der Waals surface area contributed by atoms with Crippen LogP contribution >= 0.6 is 11.6 Å². The van der Waals surface area contributed by atoms with Crippen molar-refractivity contribution in [3.05, 3.63) is 106 Å². The molecule has 326 valence electrons. The Bertz CT molecular complexity index is 2510. The fourth-order valence-electron chi connectivity index (χ4n) is 9.46. The van der Waals surface area contributed by atoms with E-state index in [1.165, 1.54) is 23.8 Å². The van der Waals surface area contributed by atoms with Crippen LogP contribution in [0.4, 0.5) is 19.4 Å². The number of nitrogens with two attached hydrogens (primary N) is 1. The van der Waals surface area contributed by atoms with Crippen molar-refractivity contribution in [2.75, 3.05) is 57.4 Å². The second kappa shape index (κ2) is 18.0. The molecule has 1 aromatic heterocycles. The number of amides is 4. The Morgan fingerprint density at radius 2 is 1.84 bits per heavy atom. The predicted octanol–water partition coefficient (Wildman–Crippen LogP) is 6.73. The van der Waals surface area contributed by atoms with Crippen LogP contribution in [0.15, 0.2) is 66.7 Å². The van der Waals surface area contributed by atoms with Gasteiger partial charge in [-0.25, -0.2) is 13.6 Å². The zero-order valence-corrected chi connectivity index (χ0v) is 35.4. The molecule has 0 spiro atoms. The molecule has 8 rings (SSSR count). The molecule has 13 nitrogen and oxygen atoms in total. The standard InChI is InChI=1S/C46H50ClF2N7O6/c1-27-37-35(25-33(48)40(47)39(37)38-31(43(50)59)13-14-34(41(38)49)61-24-23-57)62-46(27,29-9-4-3-5-10-29)26-51-18-6-7-19-55-20-15-28(16-21-55)30-11-8-12-32-42(30)54(2)53-44(32)56-22-17-36(58)52-45(56)60/h3-5,8-14,25,27-28,51,57H,6-7,15-24,26H2,1-2H3,(H2,50,59)(H,52,58,60)/t27-,46-/m0/s1. The second-order valence-electron chi connectivity index (χ2n) is 16.2. The van der Waals surface area contributed by atoms with Gasteiger partial charge in [-0.1, -0.05) is 61.0 Å². The molecule has 2 fully saturated rings. The third-order valence-electron chi connectivity index (χ3n) is 12.6. The van der Waals surface area contributed by atoms with Crippen molar-refractivity contribution in [1.29, 1.82) is 0 Å². The van der Waals surface area contributed by atoms with Crippen LogP contribution in [0.25, 0.3) is 22.0 Å². The summed E-state index contributed by atoms with van der Waals surface area (Å²) < 4.78 is 46.1. The molecule has 62 heavy (non-hydrogen) atoms. The first-order valence-electron chi connectivity index (χ1n) is 21.1. The van der Waals surface area contributed by atoms with Gasteiger partial charge < -0.3 is 30.5 Å². The number of rotatable bonds is 15. The van der Waals surface area contributed by atoms with E-state index in [9.17, 15) is 19.5 Å². The molecule has 3 aliphatic rings. The number of halogens is 3. The van der Waals surface area contributed by atoms with Crippen molar-refractivity contribution >= 4 is 46.2 Å². The minimum atomic E-state index is -1.05. The number of aliphatic hydroxyl groups excluding tert-OH is 1. The molecule has 0 bridgehead atoms. The summed E-state index contributed by atoms with van der Waals surface area (Å²) in [5.41, 5.74) is 7.62. The largest absolute Gasteiger partial charge is 0.488 e. The zero-order chi connectivity index (χ0) is 43.7. The molecule has 2 atom stereocenters. The van der Waals surface area contributed by atoms with E-state index in [0.717, 1.165) is 61.8 Å². The van der Waals surface area contributed by atoms with E-state index in [4.69, 9.17) is 31.9 Å². The van der Waals surface area contributed by atoms with E-state index in [1.807, 2.05) is 61.1 Å². The highest BCUT2D eigenvalue weighted by atomic mass is 35.5. The quantitative estimate of drug-likeness (QED) is 0.0836. The molecular formula is C46H50ClF2N7O6. The summed E-state index contributed by atoms with van der Waals surface area (Å²) in [5, 5.41) is 20.6. The fraction of sp³-hybridized carbons (Fsp3) is 0.391. The Balaban J connectivity index is 0.928. The van der Waals surface area contributed by atoms with Crippen molar-refractivity contribution in [3.8, 4) is 22.6 Å². The normalized spacial score (nSPS) is 19.5. The van der Waals surface area contributed by atoms with Gasteiger partial charge in [-0.3, -0.25) is 24.5 Å². The Morgan fingerprint density at radius 1 is 1.06 bits per heavy atom. The number of nitrogens with zero attached hydrogens (tertiary/aromatic N) is 4. The number of urea groups is 1. The lowest BCUT2D eigenvalue weighted by atomic mass is 9.77. The summed E-state index contributed by atoms with van der Waals surface area (Å²) in [7, 11) is 1.90. The van der Waals surface area contributed by atoms with Crippen molar-refractivity contribution < 1.29 is 37.7 Å². The first-order valence-corrected chi connectivity index (χ1v) is 21.4. The van der Waals surface area contributed by atoms with Crippen molar-refractivity contribution in [2.45, 2.75) is 56.5 Å². The highest BCUT2D eigenvalue weighted by molar-refractivity contribution is 6.34. The summed E-state index contributed by atoms with van der Waals surface area (Å²) in [4.78, 5) is 41.1. The Labute approximate surface area is 363 Å². The third-order valence-corrected chi connectivity index (χ3v) is 12.9. The monoisotopic (exact) mass is 869 g/mol. The number of para-hydroxylation sites is 1. The van der Waals surface area contributed by atoms with E-state index in [-0.39, 0.29) is 58.8 Å². The van der Waals surface area contributed by atoms with Gasteiger partial charge in [0.25, 0.3) is 0 Å².